The molecule has 0 radical (unpaired) electrons. The van der Waals surface area contributed by atoms with Crippen molar-refractivity contribution in [2.75, 3.05) is 5.43 Å². The summed E-state index contributed by atoms with van der Waals surface area (Å²) < 4.78 is 0.170. The van der Waals surface area contributed by atoms with Crippen LogP contribution in [0, 0.1) is 20.2 Å². The van der Waals surface area contributed by atoms with E-state index in [9.17, 15) is 25.3 Å². The van der Waals surface area contributed by atoms with Crippen molar-refractivity contribution in [3.05, 3.63) is 66.7 Å². The van der Waals surface area contributed by atoms with Crippen LogP contribution in [0.2, 0.25) is 0 Å². The topological polar surface area (TPSA) is 131 Å². The maximum absolute atomic E-state index is 10.8. The number of phenols is 1. The van der Waals surface area contributed by atoms with Gasteiger partial charge in [-0.3, -0.25) is 25.7 Å². The maximum atomic E-state index is 10.8. The number of aromatic hydroxyl groups is 1. The van der Waals surface area contributed by atoms with Crippen molar-refractivity contribution in [1.82, 2.24) is 0 Å². The van der Waals surface area contributed by atoms with Crippen molar-refractivity contribution in [2.45, 2.75) is 0 Å². The maximum Gasteiger partial charge on any atom is 0.312 e. The first-order valence-corrected chi connectivity index (χ1v) is 6.88. The average Bonchev–Trinajstić information content (AvgIpc) is 2.50. The third-order valence-corrected chi connectivity index (χ3v) is 3.35. The molecule has 0 spiro atoms. The number of hydrogen-bond donors (Lipinski definition) is 2. The molecule has 2 aromatic carbocycles. The second kappa shape index (κ2) is 6.83. The quantitative estimate of drug-likeness (QED) is 0.464. The molecule has 23 heavy (non-hydrogen) atoms. The van der Waals surface area contributed by atoms with E-state index >= 15 is 0 Å². The van der Waals surface area contributed by atoms with Gasteiger partial charge in [-0.25, -0.2) is 0 Å². The lowest BCUT2D eigenvalue weighted by Gasteiger charge is -2.02. The van der Waals surface area contributed by atoms with E-state index < -0.39 is 21.3 Å². The fraction of sp³-hybridized carbons (Fsp3) is 0. The Morgan fingerprint density at radius 3 is 2.35 bits per heavy atom. The molecule has 0 aliphatic rings. The molecule has 0 aromatic heterocycles. The summed E-state index contributed by atoms with van der Waals surface area (Å²) in [6.07, 6.45) is 1.32. The number of nitrogens with zero attached hydrogens (tertiary/aromatic N) is 3. The number of halogens is 1. The second-order valence-corrected chi connectivity index (χ2v) is 5.16. The number of phenolic OH excluding ortho intramolecular Hbond substituents is 1. The largest absolute Gasteiger partial charge is 0.501 e. The normalized spacial score (nSPS) is 10.7. The standard InChI is InChI=1S/C13H9BrN4O5/c14-11-5-8(6-12(13(11)19)18(22)23)7-15-16-9-1-3-10(4-2-9)17(20)21/h1-7,16,19H/b15-7+. The number of rotatable bonds is 5. The lowest BCUT2D eigenvalue weighted by Crippen LogP contribution is -1.94. The van der Waals surface area contributed by atoms with Crippen LogP contribution < -0.4 is 5.43 Å². The summed E-state index contributed by atoms with van der Waals surface area (Å²) >= 11 is 3.02. The highest BCUT2D eigenvalue weighted by Crippen LogP contribution is 2.34. The fourth-order valence-corrected chi connectivity index (χ4v) is 2.13. The third-order valence-electron chi connectivity index (χ3n) is 2.75. The zero-order valence-electron chi connectivity index (χ0n) is 11.3. The molecule has 0 heterocycles. The summed E-state index contributed by atoms with van der Waals surface area (Å²) in [4.78, 5) is 20.1. The van der Waals surface area contributed by atoms with Crippen molar-refractivity contribution >= 4 is 39.2 Å². The van der Waals surface area contributed by atoms with E-state index in [-0.39, 0.29) is 10.2 Å². The van der Waals surface area contributed by atoms with E-state index in [0.29, 0.717) is 11.3 Å². The lowest BCUT2D eigenvalue weighted by atomic mass is 10.2. The van der Waals surface area contributed by atoms with Crippen molar-refractivity contribution in [1.29, 1.82) is 0 Å². The molecule has 0 aliphatic carbocycles. The molecule has 118 valence electrons. The average molecular weight is 381 g/mol. The minimum Gasteiger partial charge on any atom is -0.501 e. The number of anilines is 1. The molecule has 0 bridgehead atoms. The molecule has 0 amide bonds. The highest BCUT2D eigenvalue weighted by atomic mass is 79.9. The number of nitrogens with one attached hydrogen (secondary N) is 1. The van der Waals surface area contributed by atoms with Crippen LogP contribution in [-0.4, -0.2) is 21.2 Å². The van der Waals surface area contributed by atoms with Crippen LogP contribution in [0.4, 0.5) is 17.1 Å². The van der Waals surface area contributed by atoms with E-state index in [4.69, 9.17) is 0 Å². The predicted molar refractivity (Wildman–Crippen MR) is 86.8 cm³/mol. The highest BCUT2D eigenvalue weighted by Gasteiger charge is 2.17. The molecule has 9 nitrogen and oxygen atoms in total. The highest BCUT2D eigenvalue weighted by molar-refractivity contribution is 9.10. The minimum atomic E-state index is -0.707. The van der Waals surface area contributed by atoms with Crippen LogP contribution in [0.15, 0.2) is 46.0 Å². The van der Waals surface area contributed by atoms with Gasteiger partial charge in [-0.15, -0.1) is 0 Å². The molecular weight excluding hydrogens is 372 g/mol. The van der Waals surface area contributed by atoms with Crippen LogP contribution in [0.3, 0.4) is 0 Å². The van der Waals surface area contributed by atoms with E-state index in [1.807, 2.05) is 0 Å². The van der Waals surface area contributed by atoms with Gasteiger partial charge in [-0.1, -0.05) is 0 Å². The van der Waals surface area contributed by atoms with Crippen molar-refractivity contribution in [2.24, 2.45) is 5.10 Å². The fourth-order valence-electron chi connectivity index (χ4n) is 1.66. The molecule has 0 saturated carbocycles. The Labute approximate surface area is 137 Å². The van der Waals surface area contributed by atoms with E-state index in [0.717, 1.165) is 0 Å². The SMILES string of the molecule is O=[N+]([O-])c1ccc(N/N=C/c2cc(Br)c(O)c([N+](=O)[O-])c2)cc1. The molecular formula is C13H9BrN4O5. The Balaban J connectivity index is 2.14. The number of benzene rings is 2. The predicted octanol–water partition coefficient (Wildman–Crippen LogP) is 3.42. The van der Waals surface area contributed by atoms with Gasteiger partial charge in [-0.05, 0) is 34.1 Å². The number of nitro benzene ring substituents is 2. The van der Waals surface area contributed by atoms with E-state index in [1.165, 1.54) is 42.6 Å². The van der Waals surface area contributed by atoms with Crippen LogP contribution in [0.25, 0.3) is 0 Å². The second-order valence-electron chi connectivity index (χ2n) is 4.30. The molecule has 2 N–H and O–H groups in total. The first-order chi connectivity index (χ1) is 10.9. The summed E-state index contributed by atoms with van der Waals surface area (Å²) in [7, 11) is 0. The van der Waals surface area contributed by atoms with Gasteiger partial charge in [0.1, 0.15) is 0 Å². The first-order valence-electron chi connectivity index (χ1n) is 6.09. The van der Waals surface area contributed by atoms with Crippen LogP contribution in [-0.2, 0) is 0 Å². The van der Waals surface area contributed by atoms with Gasteiger partial charge in [0.05, 0.1) is 26.2 Å². The number of hydrazone groups is 1. The number of hydrogen-bond acceptors (Lipinski definition) is 7. The molecule has 0 atom stereocenters. The Morgan fingerprint density at radius 2 is 1.78 bits per heavy atom. The summed E-state index contributed by atoms with van der Waals surface area (Å²) in [5, 5.41) is 34.8. The minimum absolute atomic E-state index is 0.0439. The van der Waals surface area contributed by atoms with E-state index in [2.05, 4.69) is 26.5 Å². The van der Waals surface area contributed by atoms with Crippen LogP contribution in [0.5, 0.6) is 5.75 Å². The van der Waals surface area contributed by atoms with Gasteiger partial charge in [-0.2, -0.15) is 5.10 Å². The van der Waals surface area contributed by atoms with Gasteiger partial charge in [0.15, 0.2) is 0 Å². The summed E-state index contributed by atoms with van der Waals surface area (Å²) in [5.74, 6) is -0.463. The zero-order valence-corrected chi connectivity index (χ0v) is 12.9. The Kier molecular flexibility index (Phi) is 4.86. The van der Waals surface area contributed by atoms with Gasteiger partial charge in [0.25, 0.3) is 5.69 Å². The summed E-state index contributed by atoms with van der Waals surface area (Å²) in [5.41, 5.74) is 3.05. The number of nitro groups is 2. The molecule has 2 rings (SSSR count). The molecule has 0 aliphatic heterocycles. The molecule has 0 unspecified atom stereocenters. The molecule has 10 heteroatoms. The summed E-state index contributed by atoms with van der Waals surface area (Å²) in [6.45, 7) is 0. The van der Waals surface area contributed by atoms with Crippen molar-refractivity contribution in [3.63, 3.8) is 0 Å². The summed E-state index contributed by atoms with van der Waals surface area (Å²) in [6, 6.07) is 8.22. The zero-order chi connectivity index (χ0) is 17.0. The van der Waals surface area contributed by atoms with Crippen molar-refractivity contribution < 1.29 is 15.0 Å². The molecule has 0 saturated heterocycles. The Bertz CT molecular complexity index is 792. The smallest absolute Gasteiger partial charge is 0.312 e. The van der Waals surface area contributed by atoms with Crippen molar-refractivity contribution in [3.8, 4) is 5.75 Å². The van der Waals surface area contributed by atoms with Crippen LogP contribution >= 0.6 is 15.9 Å². The van der Waals surface area contributed by atoms with Gasteiger partial charge < -0.3 is 5.11 Å². The Morgan fingerprint density at radius 1 is 1.13 bits per heavy atom. The monoisotopic (exact) mass is 380 g/mol. The lowest BCUT2D eigenvalue weighted by molar-refractivity contribution is -0.386. The Hall–Kier alpha value is -3.01. The number of non-ortho nitro benzene ring substituents is 1. The first kappa shape index (κ1) is 16.4. The van der Waals surface area contributed by atoms with Gasteiger partial charge in [0, 0.05) is 23.8 Å². The van der Waals surface area contributed by atoms with Crippen LogP contribution in [0.1, 0.15) is 5.56 Å². The molecule has 0 fully saturated rings. The third kappa shape index (κ3) is 4.01. The van der Waals surface area contributed by atoms with Gasteiger partial charge in [0.2, 0.25) is 5.75 Å². The van der Waals surface area contributed by atoms with E-state index in [1.54, 1.807) is 0 Å². The van der Waals surface area contributed by atoms with Gasteiger partial charge >= 0.3 is 5.69 Å². The molecule has 2 aromatic rings.